The minimum absolute atomic E-state index is 0.332. The Balaban J connectivity index is 3.48. The molecule has 2 N–H and O–H groups in total. The summed E-state index contributed by atoms with van der Waals surface area (Å²) in [4.78, 5) is 0.338. The lowest BCUT2D eigenvalue weighted by atomic mass is 10.1. The lowest BCUT2D eigenvalue weighted by Crippen LogP contribution is -2.33. The van der Waals surface area contributed by atoms with E-state index < -0.39 is 10.0 Å². The van der Waals surface area contributed by atoms with Gasteiger partial charge in [0, 0.05) is 18.8 Å². The largest absolute Gasteiger partial charge is 0.398 e. The van der Waals surface area contributed by atoms with Gasteiger partial charge in [0.1, 0.15) is 0 Å². The van der Waals surface area contributed by atoms with Crippen molar-refractivity contribution < 1.29 is 8.42 Å². The van der Waals surface area contributed by atoms with Gasteiger partial charge in [-0.3, -0.25) is 0 Å². The first-order valence-electron chi connectivity index (χ1n) is 7.33. The zero-order valence-corrected chi connectivity index (χ0v) is 14.3. The van der Waals surface area contributed by atoms with Crippen LogP contribution in [-0.2, 0) is 22.9 Å². The molecule has 0 fully saturated rings. The first-order valence-corrected chi connectivity index (χ1v) is 8.77. The van der Waals surface area contributed by atoms with Crippen LogP contribution in [0.1, 0.15) is 38.8 Å². The van der Waals surface area contributed by atoms with Crippen LogP contribution in [0.2, 0.25) is 0 Å². The molecular weight excluding hydrogens is 284 g/mol. The van der Waals surface area contributed by atoms with Crippen LogP contribution < -0.4 is 5.73 Å². The Morgan fingerprint density at radius 2 is 1.86 bits per heavy atom. The number of nitrogen functional groups attached to an aromatic ring is 1. The number of nitrogens with zero attached hydrogens (tertiary/aromatic N) is 1. The molecule has 0 saturated heterocycles. The van der Waals surface area contributed by atoms with Gasteiger partial charge < -0.3 is 5.73 Å². The third kappa shape index (κ3) is 3.86. The first kappa shape index (κ1) is 17.7. The average Bonchev–Trinajstić information content (AvgIpc) is 2.43. The Bertz CT molecular complexity index is 621. The van der Waals surface area contributed by atoms with Gasteiger partial charge in [0.15, 0.2) is 0 Å². The third-order valence-electron chi connectivity index (χ3n) is 3.48. The fraction of sp³-hybridized carbons (Fsp3) is 0.500. The Morgan fingerprint density at radius 1 is 1.24 bits per heavy atom. The molecule has 0 spiro atoms. The van der Waals surface area contributed by atoms with Crippen molar-refractivity contribution in [3.05, 3.63) is 35.4 Å². The maximum atomic E-state index is 12.9. The Labute approximate surface area is 128 Å². The summed E-state index contributed by atoms with van der Waals surface area (Å²) in [7, 11) is -3.55. The molecule has 1 aromatic rings. The van der Waals surface area contributed by atoms with Crippen molar-refractivity contribution >= 4 is 15.7 Å². The summed E-state index contributed by atoms with van der Waals surface area (Å²) < 4.78 is 27.3. The molecule has 4 nitrogen and oxygen atoms in total. The standard InChI is InChI=1S/C16H26N2O2S/c1-6-13-9-15(17)14(7-2)16(10-13)21(19,20)18(8-3)11-12(4)5/h9-10H,4,6-8,11,17H2,1-3,5H3. The molecule has 0 atom stereocenters. The molecule has 0 amide bonds. The average molecular weight is 310 g/mol. The highest BCUT2D eigenvalue weighted by Gasteiger charge is 2.26. The number of benzene rings is 1. The summed E-state index contributed by atoms with van der Waals surface area (Å²) >= 11 is 0. The van der Waals surface area contributed by atoms with Crippen LogP contribution in [0, 0.1) is 0 Å². The fourth-order valence-corrected chi connectivity index (χ4v) is 4.23. The van der Waals surface area contributed by atoms with Gasteiger partial charge in [0.25, 0.3) is 0 Å². The Hall–Kier alpha value is -1.33. The molecule has 0 aliphatic carbocycles. The van der Waals surface area contributed by atoms with Crippen molar-refractivity contribution in [3.8, 4) is 0 Å². The molecule has 0 aliphatic rings. The molecule has 0 radical (unpaired) electrons. The van der Waals surface area contributed by atoms with Crippen LogP contribution in [0.25, 0.3) is 0 Å². The fourth-order valence-electron chi connectivity index (χ4n) is 2.35. The van der Waals surface area contributed by atoms with Crippen molar-refractivity contribution in [1.29, 1.82) is 0 Å². The summed E-state index contributed by atoms with van der Waals surface area (Å²) in [5.74, 6) is 0. The van der Waals surface area contributed by atoms with E-state index in [1.54, 1.807) is 6.07 Å². The molecule has 0 bridgehead atoms. The van der Waals surface area contributed by atoms with Crippen LogP contribution in [0.3, 0.4) is 0 Å². The minimum Gasteiger partial charge on any atom is -0.398 e. The molecule has 21 heavy (non-hydrogen) atoms. The number of hydrogen-bond donors (Lipinski definition) is 1. The van der Waals surface area contributed by atoms with Crippen molar-refractivity contribution in [2.24, 2.45) is 0 Å². The highest BCUT2D eigenvalue weighted by molar-refractivity contribution is 7.89. The normalized spacial score (nSPS) is 11.9. The molecule has 0 saturated carbocycles. The monoisotopic (exact) mass is 310 g/mol. The van der Waals surface area contributed by atoms with E-state index in [0.717, 1.165) is 17.6 Å². The van der Waals surface area contributed by atoms with Gasteiger partial charge in [-0.05, 0) is 43.0 Å². The molecule has 0 aliphatic heterocycles. The van der Waals surface area contributed by atoms with Crippen molar-refractivity contribution in [2.75, 3.05) is 18.8 Å². The number of hydrogen-bond acceptors (Lipinski definition) is 3. The third-order valence-corrected chi connectivity index (χ3v) is 5.47. The second-order valence-corrected chi connectivity index (χ2v) is 7.16. The molecule has 1 aromatic carbocycles. The number of nitrogens with two attached hydrogens (primary N) is 1. The number of sulfonamides is 1. The predicted octanol–water partition coefficient (Wildman–Crippen LogP) is 2.98. The topological polar surface area (TPSA) is 63.4 Å². The molecule has 118 valence electrons. The van der Waals surface area contributed by atoms with E-state index in [-0.39, 0.29) is 0 Å². The number of anilines is 1. The van der Waals surface area contributed by atoms with Crippen LogP contribution >= 0.6 is 0 Å². The number of rotatable bonds is 7. The first-order chi connectivity index (χ1) is 9.77. The summed E-state index contributed by atoms with van der Waals surface area (Å²) in [5.41, 5.74) is 9.06. The smallest absolute Gasteiger partial charge is 0.243 e. The van der Waals surface area contributed by atoms with E-state index in [4.69, 9.17) is 5.73 Å². The second kappa shape index (κ2) is 7.09. The lowest BCUT2D eigenvalue weighted by Gasteiger charge is -2.23. The molecule has 0 heterocycles. The minimum atomic E-state index is -3.55. The van der Waals surface area contributed by atoms with E-state index in [1.807, 2.05) is 33.8 Å². The van der Waals surface area contributed by atoms with Gasteiger partial charge in [-0.15, -0.1) is 0 Å². The zero-order chi connectivity index (χ0) is 16.2. The highest BCUT2D eigenvalue weighted by Crippen LogP contribution is 2.28. The van der Waals surface area contributed by atoms with Gasteiger partial charge >= 0.3 is 0 Å². The Morgan fingerprint density at radius 3 is 2.29 bits per heavy atom. The van der Waals surface area contributed by atoms with Crippen LogP contribution in [0.15, 0.2) is 29.2 Å². The molecule has 5 heteroatoms. The zero-order valence-electron chi connectivity index (χ0n) is 13.4. The van der Waals surface area contributed by atoms with Gasteiger partial charge in [0.2, 0.25) is 10.0 Å². The van der Waals surface area contributed by atoms with Crippen LogP contribution in [-0.4, -0.2) is 25.8 Å². The summed E-state index contributed by atoms with van der Waals surface area (Å²) in [5, 5.41) is 0. The Kier molecular flexibility index (Phi) is 5.98. The van der Waals surface area contributed by atoms with E-state index in [1.165, 1.54) is 4.31 Å². The van der Waals surface area contributed by atoms with Gasteiger partial charge in [0.05, 0.1) is 4.90 Å². The maximum absolute atomic E-state index is 12.9. The van der Waals surface area contributed by atoms with Crippen LogP contribution in [0.4, 0.5) is 5.69 Å². The van der Waals surface area contributed by atoms with Gasteiger partial charge in [-0.1, -0.05) is 32.9 Å². The quantitative estimate of drug-likeness (QED) is 0.622. The number of likely N-dealkylation sites (N-methyl/N-ethyl adjacent to an activating group) is 1. The SMILES string of the molecule is C=C(C)CN(CC)S(=O)(=O)c1cc(CC)cc(N)c1CC. The van der Waals surface area contributed by atoms with Crippen molar-refractivity contribution in [3.63, 3.8) is 0 Å². The van der Waals surface area contributed by atoms with E-state index in [0.29, 0.717) is 35.7 Å². The summed E-state index contributed by atoms with van der Waals surface area (Å²) in [6.45, 7) is 12.1. The summed E-state index contributed by atoms with van der Waals surface area (Å²) in [6, 6.07) is 3.62. The summed E-state index contributed by atoms with van der Waals surface area (Å²) in [6.07, 6.45) is 1.35. The van der Waals surface area contributed by atoms with E-state index in [9.17, 15) is 8.42 Å². The molecular formula is C16H26N2O2S. The van der Waals surface area contributed by atoms with E-state index >= 15 is 0 Å². The maximum Gasteiger partial charge on any atom is 0.243 e. The number of aryl methyl sites for hydroxylation is 1. The highest BCUT2D eigenvalue weighted by atomic mass is 32.2. The van der Waals surface area contributed by atoms with Gasteiger partial charge in [-0.25, -0.2) is 8.42 Å². The molecule has 1 rings (SSSR count). The second-order valence-electron chi connectivity index (χ2n) is 5.26. The van der Waals surface area contributed by atoms with Crippen molar-refractivity contribution in [1.82, 2.24) is 4.31 Å². The predicted molar refractivity (Wildman–Crippen MR) is 88.9 cm³/mol. The molecule has 0 unspecified atom stereocenters. The van der Waals surface area contributed by atoms with Gasteiger partial charge in [-0.2, -0.15) is 4.31 Å². The van der Waals surface area contributed by atoms with E-state index in [2.05, 4.69) is 6.58 Å². The van der Waals surface area contributed by atoms with Crippen molar-refractivity contribution in [2.45, 2.75) is 45.4 Å². The van der Waals surface area contributed by atoms with Crippen LogP contribution in [0.5, 0.6) is 0 Å². The lowest BCUT2D eigenvalue weighted by molar-refractivity contribution is 0.452. The molecule has 0 aromatic heterocycles.